The molecule has 0 amide bonds. The van der Waals surface area contributed by atoms with Crippen molar-refractivity contribution in [3.63, 3.8) is 0 Å². The Morgan fingerprint density at radius 1 is 0.403 bits per heavy atom. The third-order valence-electron chi connectivity index (χ3n) is 13.1. The normalized spacial score (nSPS) is 12.4. The van der Waals surface area contributed by atoms with Crippen LogP contribution in [0.3, 0.4) is 0 Å². The highest BCUT2D eigenvalue weighted by molar-refractivity contribution is 6.03. The second-order valence-corrected chi connectivity index (χ2v) is 16.9. The molecule has 11 rings (SSSR count). The molecular weight excluding hydrogens is 829 g/mol. The van der Waals surface area contributed by atoms with E-state index in [0.29, 0.717) is 0 Å². The molecule has 0 bridgehead atoms. The lowest BCUT2D eigenvalue weighted by Crippen LogP contribution is -2.28. The fraction of sp³-hybridized carbons (Fsp3) is 0.0492. The van der Waals surface area contributed by atoms with E-state index in [0.717, 1.165) is 77.6 Å². The quantitative estimate of drug-likeness (QED) is 0.127. The van der Waals surface area contributed by atoms with E-state index in [1.165, 1.54) is 22.3 Å². The van der Waals surface area contributed by atoms with Crippen LogP contribution in [0.15, 0.2) is 218 Å². The van der Waals surface area contributed by atoms with E-state index in [2.05, 4.69) is 133 Å². The zero-order valence-electron chi connectivity index (χ0n) is 36.2. The van der Waals surface area contributed by atoms with Gasteiger partial charge in [0, 0.05) is 11.1 Å². The highest BCUT2D eigenvalue weighted by Gasteiger charge is 2.46. The first-order valence-corrected chi connectivity index (χ1v) is 22.2. The van der Waals surface area contributed by atoms with Gasteiger partial charge < -0.3 is 19.7 Å². The molecule has 2 N–H and O–H groups in total. The Morgan fingerprint density at radius 2 is 0.791 bits per heavy atom. The maximum absolute atomic E-state index is 11.5. The molecule has 322 valence electrons. The number of aromatic carboxylic acids is 2. The molecule has 1 aliphatic rings. The molecule has 0 heterocycles. The molecule has 0 radical (unpaired) electrons. The largest absolute Gasteiger partial charge is 0.488 e. The van der Waals surface area contributed by atoms with Crippen LogP contribution >= 0.6 is 0 Å². The number of fused-ring (bicyclic) bond motifs is 5. The maximum Gasteiger partial charge on any atom is 0.335 e. The van der Waals surface area contributed by atoms with Crippen LogP contribution in [0.4, 0.5) is 0 Å². The molecule has 0 unspecified atom stereocenters. The Balaban J connectivity index is 1.06. The van der Waals surface area contributed by atoms with Crippen molar-refractivity contribution in [2.75, 3.05) is 0 Å². The van der Waals surface area contributed by atoms with Gasteiger partial charge in [-0.15, -0.1) is 0 Å². The molecule has 67 heavy (non-hydrogen) atoms. The number of carboxylic acids is 2. The van der Waals surface area contributed by atoms with Gasteiger partial charge in [0.25, 0.3) is 0 Å². The Bertz CT molecular complexity index is 3270. The molecule has 0 aromatic heterocycles. The van der Waals surface area contributed by atoms with Crippen LogP contribution in [0.1, 0.15) is 54.1 Å². The van der Waals surface area contributed by atoms with Crippen molar-refractivity contribution in [2.24, 2.45) is 0 Å². The van der Waals surface area contributed by atoms with Gasteiger partial charge in [0.05, 0.1) is 16.5 Å². The van der Waals surface area contributed by atoms with Crippen molar-refractivity contribution in [1.29, 1.82) is 0 Å². The minimum absolute atomic E-state index is 0.237. The van der Waals surface area contributed by atoms with Gasteiger partial charge in [0.1, 0.15) is 24.7 Å². The summed E-state index contributed by atoms with van der Waals surface area (Å²) in [6, 6.07) is 73.9. The summed E-state index contributed by atoms with van der Waals surface area (Å²) in [5, 5.41) is 23.1. The summed E-state index contributed by atoms with van der Waals surface area (Å²) in [4.78, 5) is 23.0. The van der Waals surface area contributed by atoms with Crippen LogP contribution in [-0.4, -0.2) is 22.2 Å². The van der Waals surface area contributed by atoms with E-state index in [1.807, 2.05) is 36.4 Å². The molecule has 10 aromatic rings. The summed E-state index contributed by atoms with van der Waals surface area (Å²) in [5.41, 5.74) is 12.7. The second-order valence-electron chi connectivity index (χ2n) is 16.9. The Hall–Kier alpha value is -8.74. The molecule has 0 atom stereocenters. The third kappa shape index (κ3) is 7.25. The smallest absolute Gasteiger partial charge is 0.335 e. The number of rotatable bonds is 12. The number of ether oxygens (including phenoxy) is 2. The van der Waals surface area contributed by atoms with Gasteiger partial charge >= 0.3 is 11.9 Å². The van der Waals surface area contributed by atoms with E-state index >= 15 is 0 Å². The fourth-order valence-corrected chi connectivity index (χ4v) is 9.96. The zero-order valence-corrected chi connectivity index (χ0v) is 36.2. The van der Waals surface area contributed by atoms with Crippen LogP contribution in [0.25, 0.3) is 54.9 Å². The predicted molar refractivity (Wildman–Crippen MR) is 265 cm³/mol. The lowest BCUT2D eigenvalue weighted by Gasteiger charge is -2.34. The summed E-state index contributed by atoms with van der Waals surface area (Å²) >= 11 is 0. The Labute approximate surface area is 387 Å². The average Bonchev–Trinajstić information content (AvgIpc) is 3.68. The van der Waals surface area contributed by atoms with Gasteiger partial charge in [0.2, 0.25) is 0 Å². The van der Waals surface area contributed by atoms with Crippen molar-refractivity contribution in [3.8, 4) is 44.9 Å². The summed E-state index contributed by atoms with van der Waals surface area (Å²) in [5.74, 6) is -0.442. The molecule has 10 aromatic carbocycles. The van der Waals surface area contributed by atoms with Crippen LogP contribution in [-0.2, 0) is 18.6 Å². The highest BCUT2D eigenvalue weighted by atomic mass is 16.5. The van der Waals surface area contributed by atoms with E-state index in [-0.39, 0.29) is 24.3 Å². The SMILES string of the molecule is O=C(O)c1ccc(COc2ccc3cc(C4(c5ccc6c(-c7ccccc7)c(OCc7ccc(C(=O)O)cc7)ccc6c5)c5ccccc5-c5ccccc54)ccc3c2-c2ccccc2)cc1. The van der Waals surface area contributed by atoms with Crippen molar-refractivity contribution in [1.82, 2.24) is 0 Å². The average molecular weight is 871 g/mol. The Morgan fingerprint density at radius 3 is 1.19 bits per heavy atom. The standard InChI is InChI=1S/C61H42O6/c62-59(63)43-23-19-39(20-24-43)37-66-55-33-27-45-35-47(29-31-49(45)57(55)41-11-3-1-4-12-41)61(53-17-9-7-15-51(53)52-16-8-10-18-54(52)61)48-30-32-50-46(36-48)28-34-56(58(50)42-13-5-2-6-14-42)67-38-40-21-25-44(26-22-40)60(64)65/h1-36H,37-38H2,(H,62,63)(H,64,65). The number of hydrogen-bond donors (Lipinski definition) is 2. The van der Waals surface area contributed by atoms with Crippen molar-refractivity contribution < 1.29 is 29.3 Å². The first-order chi connectivity index (χ1) is 32.9. The van der Waals surface area contributed by atoms with Gasteiger partial charge in [-0.05, 0) is 126 Å². The van der Waals surface area contributed by atoms with E-state index in [1.54, 1.807) is 48.5 Å². The molecule has 0 aliphatic heterocycles. The van der Waals surface area contributed by atoms with Crippen LogP contribution < -0.4 is 9.47 Å². The molecule has 6 heteroatoms. The van der Waals surface area contributed by atoms with Gasteiger partial charge in [-0.1, -0.05) is 170 Å². The highest BCUT2D eigenvalue weighted by Crippen LogP contribution is 2.57. The van der Waals surface area contributed by atoms with Crippen LogP contribution in [0, 0.1) is 0 Å². The van der Waals surface area contributed by atoms with Gasteiger partial charge in [0.15, 0.2) is 0 Å². The second kappa shape index (κ2) is 17.0. The summed E-state index contributed by atoms with van der Waals surface area (Å²) in [6.45, 7) is 0.563. The molecule has 1 aliphatic carbocycles. The van der Waals surface area contributed by atoms with Crippen LogP contribution in [0.5, 0.6) is 11.5 Å². The zero-order chi connectivity index (χ0) is 45.5. The summed E-state index contributed by atoms with van der Waals surface area (Å²) < 4.78 is 13.1. The number of carboxylic acid groups (broad SMARTS) is 2. The lowest BCUT2D eigenvalue weighted by atomic mass is 9.67. The first kappa shape index (κ1) is 41.0. The molecule has 0 saturated carbocycles. The van der Waals surface area contributed by atoms with Crippen molar-refractivity contribution in [3.05, 3.63) is 263 Å². The van der Waals surface area contributed by atoms with Gasteiger partial charge in [-0.25, -0.2) is 9.59 Å². The summed E-state index contributed by atoms with van der Waals surface area (Å²) in [6.07, 6.45) is 0. The Kier molecular flexibility index (Phi) is 10.4. The topological polar surface area (TPSA) is 93.1 Å². The fourth-order valence-electron chi connectivity index (χ4n) is 9.96. The van der Waals surface area contributed by atoms with Gasteiger partial charge in [-0.2, -0.15) is 0 Å². The first-order valence-electron chi connectivity index (χ1n) is 22.2. The molecule has 0 spiro atoms. The lowest BCUT2D eigenvalue weighted by molar-refractivity contribution is 0.0686. The number of hydrogen-bond acceptors (Lipinski definition) is 4. The van der Waals surface area contributed by atoms with Crippen molar-refractivity contribution in [2.45, 2.75) is 18.6 Å². The van der Waals surface area contributed by atoms with Crippen LogP contribution in [0.2, 0.25) is 0 Å². The maximum atomic E-state index is 11.5. The summed E-state index contributed by atoms with van der Waals surface area (Å²) in [7, 11) is 0. The van der Waals surface area contributed by atoms with Crippen molar-refractivity contribution >= 4 is 33.5 Å². The minimum Gasteiger partial charge on any atom is -0.488 e. The number of carbonyl (C=O) groups is 2. The molecule has 6 nitrogen and oxygen atoms in total. The minimum atomic E-state index is -0.960. The molecule has 0 saturated heterocycles. The molecule has 0 fully saturated rings. The van der Waals surface area contributed by atoms with Gasteiger partial charge in [-0.3, -0.25) is 0 Å². The predicted octanol–water partition coefficient (Wildman–Crippen LogP) is 14.2. The third-order valence-corrected chi connectivity index (χ3v) is 13.1. The van der Waals surface area contributed by atoms with E-state index in [4.69, 9.17) is 9.47 Å². The van der Waals surface area contributed by atoms with E-state index < -0.39 is 17.4 Å². The number of benzene rings is 10. The van der Waals surface area contributed by atoms with E-state index in [9.17, 15) is 19.8 Å². The molecular formula is C61H42O6. The monoisotopic (exact) mass is 870 g/mol.